The van der Waals surface area contributed by atoms with Gasteiger partial charge in [-0.1, -0.05) is 30.3 Å². The highest BCUT2D eigenvalue weighted by Crippen LogP contribution is 2.27. The molecule has 3 aromatic rings. The summed E-state index contributed by atoms with van der Waals surface area (Å²) in [6.07, 6.45) is 5.43. The van der Waals surface area contributed by atoms with Gasteiger partial charge in [0.25, 0.3) is 11.8 Å². The van der Waals surface area contributed by atoms with E-state index in [0.717, 1.165) is 18.4 Å². The first kappa shape index (κ1) is 19.9. The highest BCUT2D eigenvalue weighted by atomic mass is 16.5. The van der Waals surface area contributed by atoms with E-state index in [1.54, 1.807) is 18.3 Å². The van der Waals surface area contributed by atoms with Gasteiger partial charge in [0, 0.05) is 26.3 Å². The SMILES string of the molecule is CO[C@H](C(=O)Nc1ccnn1C1CCN(C(=O)c2ccoc2)CC1)c1ccccc1. The van der Waals surface area contributed by atoms with Crippen molar-refractivity contribution >= 4 is 17.6 Å². The average molecular weight is 408 g/mol. The molecule has 0 radical (unpaired) electrons. The van der Waals surface area contributed by atoms with Crippen LogP contribution in [-0.4, -0.2) is 46.7 Å². The maximum absolute atomic E-state index is 12.8. The molecule has 156 valence electrons. The van der Waals surface area contributed by atoms with Gasteiger partial charge in [0.2, 0.25) is 0 Å². The van der Waals surface area contributed by atoms with E-state index in [1.165, 1.54) is 19.6 Å². The molecule has 2 amide bonds. The van der Waals surface area contributed by atoms with Crippen molar-refractivity contribution in [2.24, 2.45) is 0 Å². The molecule has 3 heterocycles. The lowest BCUT2D eigenvalue weighted by Gasteiger charge is -2.32. The lowest BCUT2D eigenvalue weighted by molar-refractivity contribution is -0.126. The number of furan rings is 1. The van der Waals surface area contributed by atoms with Crippen LogP contribution in [0, 0.1) is 0 Å². The predicted octanol–water partition coefficient (Wildman–Crippen LogP) is 3.28. The Labute approximate surface area is 174 Å². The first-order chi connectivity index (χ1) is 14.7. The van der Waals surface area contributed by atoms with Crippen LogP contribution >= 0.6 is 0 Å². The van der Waals surface area contributed by atoms with E-state index in [1.807, 2.05) is 39.9 Å². The zero-order valence-corrected chi connectivity index (χ0v) is 16.7. The molecule has 1 saturated heterocycles. The van der Waals surface area contributed by atoms with E-state index in [2.05, 4.69) is 10.4 Å². The Kier molecular flexibility index (Phi) is 5.94. The van der Waals surface area contributed by atoms with Crippen LogP contribution < -0.4 is 5.32 Å². The van der Waals surface area contributed by atoms with Gasteiger partial charge in [-0.15, -0.1) is 0 Å². The summed E-state index contributed by atoms with van der Waals surface area (Å²) >= 11 is 0. The third kappa shape index (κ3) is 4.13. The number of ether oxygens (including phenoxy) is 1. The van der Waals surface area contributed by atoms with Crippen LogP contribution in [-0.2, 0) is 9.53 Å². The summed E-state index contributed by atoms with van der Waals surface area (Å²) in [5.74, 6) is 0.345. The number of amides is 2. The molecule has 1 atom stereocenters. The van der Waals surface area contributed by atoms with Crippen molar-refractivity contribution in [3.05, 3.63) is 72.3 Å². The number of nitrogens with one attached hydrogen (secondary N) is 1. The fraction of sp³-hybridized carbons (Fsp3) is 0.318. The number of carbonyl (C=O) groups is 2. The third-order valence-corrected chi connectivity index (χ3v) is 5.36. The lowest BCUT2D eigenvalue weighted by Crippen LogP contribution is -2.39. The van der Waals surface area contributed by atoms with Crippen LogP contribution in [0.2, 0.25) is 0 Å². The van der Waals surface area contributed by atoms with Crippen LogP contribution in [0.15, 0.2) is 65.6 Å². The molecule has 4 rings (SSSR count). The van der Waals surface area contributed by atoms with Gasteiger partial charge in [0.15, 0.2) is 6.10 Å². The van der Waals surface area contributed by atoms with Crippen LogP contribution in [0.4, 0.5) is 5.82 Å². The summed E-state index contributed by atoms with van der Waals surface area (Å²) in [5, 5.41) is 7.35. The van der Waals surface area contributed by atoms with Gasteiger partial charge in [-0.05, 0) is 24.5 Å². The second kappa shape index (κ2) is 8.96. The quantitative estimate of drug-likeness (QED) is 0.676. The van der Waals surface area contributed by atoms with E-state index in [0.29, 0.717) is 24.5 Å². The number of likely N-dealkylation sites (tertiary alicyclic amines) is 1. The number of aromatic nitrogens is 2. The lowest BCUT2D eigenvalue weighted by atomic mass is 10.0. The molecule has 1 aliphatic rings. The molecule has 8 nitrogen and oxygen atoms in total. The summed E-state index contributed by atoms with van der Waals surface area (Å²) in [7, 11) is 1.52. The van der Waals surface area contributed by atoms with Crippen molar-refractivity contribution in [3.63, 3.8) is 0 Å². The molecule has 1 aromatic carbocycles. The third-order valence-electron chi connectivity index (χ3n) is 5.36. The predicted molar refractivity (Wildman–Crippen MR) is 110 cm³/mol. The minimum absolute atomic E-state index is 0.0259. The number of piperidine rings is 1. The van der Waals surface area contributed by atoms with Crippen molar-refractivity contribution < 1.29 is 18.7 Å². The Bertz CT molecular complexity index is 976. The van der Waals surface area contributed by atoms with E-state index in [4.69, 9.17) is 9.15 Å². The van der Waals surface area contributed by atoms with Crippen molar-refractivity contribution in [3.8, 4) is 0 Å². The average Bonchev–Trinajstić information content (AvgIpc) is 3.47. The molecule has 8 heteroatoms. The molecule has 30 heavy (non-hydrogen) atoms. The van der Waals surface area contributed by atoms with Gasteiger partial charge < -0.3 is 19.4 Å². The van der Waals surface area contributed by atoms with Gasteiger partial charge in [0.1, 0.15) is 12.1 Å². The molecule has 1 aliphatic heterocycles. The summed E-state index contributed by atoms with van der Waals surface area (Å²) in [5.41, 5.74) is 1.35. The second-order valence-corrected chi connectivity index (χ2v) is 7.21. The van der Waals surface area contributed by atoms with Crippen molar-refractivity contribution in [2.45, 2.75) is 25.0 Å². The summed E-state index contributed by atoms with van der Waals surface area (Å²) in [4.78, 5) is 27.1. The maximum atomic E-state index is 12.8. The Morgan fingerprint density at radius 1 is 1.17 bits per heavy atom. The molecule has 0 bridgehead atoms. The molecular formula is C22H24N4O4. The monoisotopic (exact) mass is 408 g/mol. The first-order valence-corrected chi connectivity index (χ1v) is 9.91. The summed E-state index contributed by atoms with van der Waals surface area (Å²) in [6.45, 7) is 1.24. The number of hydrogen-bond acceptors (Lipinski definition) is 5. The van der Waals surface area contributed by atoms with Gasteiger partial charge in [0.05, 0.1) is 24.1 Å². The molecule has 0 aliphatic carbocycles. The van der Waals surface area contributed by atoms with Crippen LogP contribution in [0.25, 0.3) is 0 Å². The van der Waals surface area contributed by atoms with Crippen molar-refractivity contribution in [1.29, 1.82) is 0 Å². The minimum Gasteiger partial charge on any atom is -0.472 e. The number of methoxy groups -OCH3 is 1. The smallest absolute Gasteiger partial charge is 0.259 e. The van der Waals surface area contributed by atoms with Crippen LogP contribution in [0.3, 0.4) is 0 Å². The zero-order chi connectivity index (χ0) is 20.9. The number of anilines is 1. The fourth-order valence-electron chi connectivity index (χ4n) is 3.80. The van der Waals surface area contributed by atoms with Crippen molar-refractivity contribution in [2.75, 3.05) is 25.5 Å². The van der Waals surface area contributed by atoms with Gasteiger partial charge in [-0.3, -0.25) is 9.59 Å². The highest BCUT2D eigenvalue weighted by molar-refractivity contribution is 5.94. The van der Waals surface area contributed by atoms with Crippen LogP contribution in [0.5, 0.6) is 0 Å². The largest absolute Gasteiger partial charge is 0.472 e. The molecule has 0 spiro atoms. The van der Waals surface area contributed by atoms with E-state index in [-0.39, 0.29) is 17.9 Å². The maximum Gasteiger partial charge on any atom is 0.259 e. The highest BCUT2D eigenvalue weighted by Gasteiger charge is 2.28. The number of hydrogen-bond donors (Lipinski definition) is 1. The van der Waals surface area contributed by atoms with E-state index < -0.39 is 6.10 Å². The molecule has 0 unspecified atom stereocenters. The van der Waals surface area contributed by atoms with E-state index >= 15 is 0 Å². The standard InChI is InChI=1S/C22H24N4O4/c1-29-20(16-5-3-2-4-6-16)21(27)24-19-7-11-23-26(19)18-8-12-25(13-9-18)22(28)17-10-14-30-15-17/h2-7,10-11,14-15,18,20H,8-9,12-13H2,1H3,(H,24,27)/t20-/m0/s1. The number of rotatable bonds is 6. The zero-order valence-electron chi connectivity index (χ0n) is 16.7. The summed E-state index contributed by atoms with van der Waals surface area (Å²) in [6, 6.07) is 12.9. The Hall–Kier alpha value is -3.39. The van der Waals surface area contributed by atoms with Crippen molar-refractivity contribution in [1.82, 2.24) is 14.7 Å². The molecule has 0 saturated carbocycles. The first-order valence-electron chi connectivity index (χ1n) is 9.91. The number of benzene rings is 1. The number of carbonyl (C=O) groups excluding carboxylic acids is 2. The Morgan fingerprint density at radius 2 is 1.93 bits per heavy atom. The molecule has 1 N–H and O–H groups in total. The fourth-order valence-corrected chi connectivity index (χ4v) is 3.80. The van der Waals surface area contributed by atoms with Gasteiger partial charge in [-0.2, -0.15) is 5.10 Å². The van der Waals surface area contributed by atoms with E-state index in [9.17, 15) is 9.59 Å². The molecular weight excluding hydrogens is 384 g/mol. The summed E-state index contributed by atoms with van der Waals surface area (Å²) < 4.78 is 12.3. The molecule has 1 fully saturated rings. The number of nitrogens with zero attached hydrogens (tertiary/aromatic N) is 3. The minimum atomic E-state index is -0.705. The normalized spacial score (nSPS) is 15.7. The Morgan fingerprint density at radius 3 is 2.60 bits per heavy atom. The second-order valence-electron chi connectivity index (χ2n) is 7.21. The Balaban J connectivity index is 1.40. The van der Waals surface area contributed by atoms with Crippen LogP contribution in [0.1, 0.15) is 40.9 Å². The van der Waals surface area contributed by atoms with Gasteiger partial charge in [-0.25, -0.2) is 4.68 Å². The topological polar surface area (TPSA) is 89.6 Å². The molecule has 2 aromatic heterocycles. The van der Waals surface area contributed by atoms with Gasteiger partial charge >= 0.3 is 0 Å².